The topological polar surface area (TPSA) is 9.23 Å². The Bertz CT molecular complexity index is 93.8. The van der Waals surface area contributed by atoms with Gasteiger partial charge in [0.15, 0.2) is 0 Å². The molecule has 0 fully saturated rings. The van der Waals surface area contributed by atoms with Crippen LogP contribution in [-0.4, -0.2) is 19.5 Å². The third-order valence-electron chi connectivity index (χ3n) is 0.371. The summed E-state index contributed by atoms with van der Waals surface area (Å²) in [5.74, 6) is 0. The standard InChI is InChI=1S/C4H6OSi2/c1-3-6-5-7-4-2/h1-2H,6-7H2. The Balaban J connectivity index is 2.77. The molecule has 7 heavy (non-hydrogen) atoms. The highest BCUT2D eigenvalue weighted by Crippen LogP contribution is 1.58. The van der Waals surface area contributed by atoms with Gasteiger partial charge in [0, 0.05) is 0 Å². The Labute approximate surface area is 48.3 Å². The van der Waals surface area contributed by atoms with Crippen LogP contribution in [0.15, 0.2) is 0 Å². The molecule has 3 heteroatoms. The number of hydrogen-bond donors (Lipinski definition) is 0. The summed E-state index contributed by atoms with van der Waals surface area (Å²) in [6.45, 7) is 0. The van der Waals surface area contributed by atoms with Crippen LogP contribution in [0.3, 0.4) is 0 Å². The Kier molecular flexibility index (Phi) is 5.13. The highest BCUT2D eigenvalue weighted by Gasteiger charge is 1.74. The van der Waals surface area contributed by atoms with Gasteiger partial charge in [0.2, 0.25) is 19.5 Å². The quantitative estimate of drug-likeness (QED) is 0.245. The largest absolute Gasteiger partial charge is 0.446 e. The molecule has 0 aromatic carbocycles. The van der Waals surface area contributed by atoms with Gasteiger partial charge >= 0.3 is 0 Å². The maximum Gasteiger partial charge on any atom is 0.229 e. The Morgan fingerprint density at radius 1 is 1.14 bits per heavy atom. The van der Waals surface area contributed by atoms with Crippen molar-refractivity contribution in [2.75, 3.05) is 0 Å². The highest BCUT2D eigenvalue weighted by atomic mass is 28.3. The van der Waals surface area contributed by atoms with Gasteiger partial charge in [-0.25, -0.2) is 0 Å². The summed E-state index contributed by atoms with van der Waals surface area (Å²) >= 11 is 0. The molecule has 0 aliphatic heterocycles. The molecule has 0 radical (unpaired) electrons. The zero-order chi connectivity index (χ0) is 5.54. The first-order valence-corrected chi connectivity index (χ1v) is 4.43. The number of terminal acetylenes is 2. The SMILES string of the molecule is C#C[SiH2]O[SiH2]C#C. The van der Waals surface area contributed by atoms with E-state index in [9.17, 15) is 0 Å². The van der Waals surface area contributed by atoms with Crippen LogP contribution in [-0.2, 0) is 4.12 Å². The monoisotopic (exact) mass is 126 g/mol. The molecule has 0 aliphatic rings. The lowest BCUT2D eigenvalue weighted by atomic mass is 11.4. The molecule has 0 unspecified atom stereocenters. The normalized spacial score (nSPS) is 10.0. The second kappa shape index (κ2) is 5.51. The van der Waals surface area contributed by atoms with Gasteiger partial charge in [0.25, 0.3) is 0 Å². The van der Waals surface area contributed by atoms with Crippen molar-refractivity contribution in [2.24, 2.45) is 0 Å². The van der Waals surface area contributed by atoms with Gasteiger partial charge in [-0.15, -0.1) is 23.9 Å². The van der Waals surface area contributed by atoms with E-state index in [-0.39, 0.29) is 0 Å². The maximum atomic E-state index is 4.94. The Morgan fingerprint density at radius 2 is 1.57 bits per heavy atom. The molecule has 0 bridgehead atoms. The summed E-state index contributed by atoms with van der Waals surface area (Å²) in [5.41, 5.74) is 4.92. The van der Waals surface area contributed by atoms with Crippen LogP contribution in [0.25, 0.3) is 0 Å². The molecule has 0 atom stereocenters. The van der Waals surface area contributed by atoms with Gasteiger partial charge in [0.05, 0.1) is 0 Å². The minimum Gasteiger partial charge on any atom is -0.446 e. The third kappa shape index (κ3) is 5.51. The lowest BCUT2D eigenvalue weighted by molar-refractivity contribution is 0.666. The fraction of sp³-hybridized carbons (Fsp3) is 0. The average molecular weight is 126 g/mol. The van der Waals surface area contributed by atoms with Crippen molar-refractivity contribution in [3.8, 4) is 23.9 Å². The van der Waals surface area contributed by atoms with Gasteiger partial charge in [0.1, 0.15) is 0 Å². The van der Waals surface area contributed by atoms with Crippen molar-refractivity contribution in [2.45, 2.75) is 0 Å². The van der Waals surface area contributed by atoms with Crippen molar-refractivity contribution in [3.05, 3.63) is 0 Å². The fourth-order valence-corrected chi connectivity index (χ4v) is 1.52. The van der Waals surface area contributed by atoms with E-state index in [0.717, 1.165) is 0 Å². The van der Waals surface area contributed by atoms with E-state index in [1.165, 1.54) is 0 Å². The van der Waals surface area contributed by atoms with E-state index in [4.69, 9.17) is 17.0 Å². The Morgan fingerprint density at radius 3 is 1.86 bits per heavy atom. The maximum absolute atomic E-state index is 4.94. The number of rotatable bonds is 2. The van der Waals surface area contributed by atoms with Crippen LogP contribution in [0.5, 0.6) is 0 Å². The summed E-state index contributed by atoms with van der Waals surface area (Å²) in [4.78, 5) is 0. The summed E-state index contributed by atoms with van der Waals surface area (Å²) < 4.78 is 4.94. The zero-order valence-corrected chi connectivity index (χ0v) is 6.81. The molecular formula is C4H6OSi2. The molecule has 0 aromatic heterocycles. The van der Waals surface area contributed by atoms with E-state index in [1.54, 1.807) is 0 Å². The minimum absolute atomic E-state index is 0.642. The second-order valence-electron chi connectivity index (χ2n) is 0.901. The molecule has 0 aromatic rings. The first-order chi connectivity index (χ1) is 3.41. The van der Waals surface area contributed by atoms with E-state index in [2.05, 4.69) is 11.1 Å². The predicted octanol–water partition coefficient (Wildman–Crippen LogP) is -1.65. The van der Waals surface area contributed by atoms with Crippen LogP contribution in [0, 0.1) is 23.9 Å². The van der Waals surface area contributed by atoms with Gasteiger partial charge < -0.3 is 4.12 Å². The van der Waals surface area contributed by atoms with E-state index in [0.29, 0.717) is 0 Å². The Hall–Kier alpha value is -0.486. The number of hydrogen-bond acceptors (Lipinski definition) is 1. The lowest BCUT2D eigenvalue weighted by Crippen LogP contribution is -1.98. The predicted molar refractivity (Wildman–Crippen MR) is 35.8 cm³/mol. The van der Waals surface area contributed by atoms with Crippen molar-refractivity contribution >= 4 is 19.5 Å². The lowest BCUT2D eigenvalue weighted by Gasteiger charge is -1.85. The third-order valence-corrected chi connectivity index (χ3v) is 2.34. The second-order valence-corrected chi connectivity index (χ2v) is 3.93. The summed E-state index contributed by atoms with van der Waals surface area (Å²) in [6, 6.07) is 0. The van der Waals surface area contributed by atoms with Crippen molar-refractivity contribution in [3.63, 3.8) is 0 Å². The molecule has 0 heterocycles. The van der Waals surface area contributed by atoms with Crippen molar-refractivity contribution < 1.29 is 4.12 Å². The van der Waals surface area contributed by atoms with Crippen LogP contribution >= 0.6 is 0 Å². The average Bonchev–Trinajstić information content (AvgIpc) is 1.69. The minimum atomic E-state index is -0.642. The van der Waals surface area contributed by atoms with E-state index < -0.39 is 19.5 Å². The van der Waals surface area contributed by atoms with Gasteiger partial charge in [-0.3, -0.25) is 0 Å². The molecule has 36 valence electrons. The van der Waals surface area contributed by atoms with Gasteiger partial charge in [-0.1, -0.05) is 0 Å². The molecule has 0 spiro atoms. The molecule has 1 nitrogen and oxygen atoms in total. The first-order valence-electron chi connectivity index (χ1n) is 1.86. The van der Waals surface area contributed by atoms with Crippen LogP contribution < -0.4 is 0 Å². The molecule has 0 N–H and O–H groups in total. The molecule has 0 aliphatic carbocycles. The molecule has 0 saturated carbocycles. The molecule has 0 saturated heterocycles. The molecular weight excluding hydrogens is 120 g/mol. The van der Waals surface area contributed by atoms with E-state index >= 15 is 0 Å². The summed E-state index contributed by atoms with van der Waals surface area (Å²) in [7, 11) is -1.28. The first kappa shape index (κ1) is 6.51. The molecule has 0 amide bonds. The summed E-state index contributed by atoms with van der Waals surface area (Å²) in [5, 5.41) is 0. The molecule has 0 rings (SSSR count). The van der Waals surface area contributed by atoms with Crippen LogP contribution in [0.2, 0.25) is 0 Å². The van der Waals surface area contributed by atoms with Gasteiger partial charge in [-0.2, -0.15) is 0 Å². The van der Waals surface area contributed by atoms with Crippen LogP contribution in [0.4, 0.5) is 0 Å². The fourth-order valence-electron chi connectivity index (χ4n) is 0.169. The van der Waals surface area contributed by atoms with E-state index in [1.807, 2.05) is 0 Å². The summed E-state index contributed by atoms with van der Waals surface area (Å²) in [6.07, 6.45) is 9.82. The van der Waals surface area contributed by atoms with Gasteiger partial charge in [-0.05, 0) is 0 Å². The van der Waals surface area contributed by atoms with Crippen LogP contribution in [0.1, 0.15) is 0 Å². The highest BCUT2D eigenvalue weighted by molar-refractivity contribution is 6.52. The smallest absolute Gasteiger partial charge is 0.229 e. The zero-order valence-electron chi connectivity index (χ0n) is 3.98. The van der Waals surface area contributed by atoms with Crippen molar-refractivity contribution in [1.29, 1.82) is 0 Å². The van der Waals surface area contributed by atoms with Crippen molar-refractivity contribution in [1.82, 2.24) is 0 Å².